The highest BCUT2D eigenvalue weighted by Gasteiger charge is 2.33. The van der Waals surface area contributed by atoms with Crippen LogP contribution < -0.4 is 5.32 Å². The van der Waals surface area contributed by atoms with Crippen LogP contribution in [0.1, 0.15) is 36.8 Å². The molecule has 1 aliphatic carbocycles. The summed E-state index contributed by atoms with van der Waals surface area (Å²) in [7, 11) is 1.27. The molecule has 0 saturated carbocycles. The second-order valence-corrected chi connectivity index (χ2v) is 8.76. The number of nitrogens with zero attached hydrogens (tertiary/aromatic N) is 1. The molecule has 0 fully saturated rings. The quantitative estimate of drug-likeness (QED) is 0.541. The molecule has 2 aromatic rings. The fraction of sp³-hybridized carbons (Fsp3) is 0.400. The molecular formula is C25H27F3N2O5. The van der Waals surface area contributed by atoms with Gasteiger partial charge in [-0.05, 0) is 28.2 Å². The lowest BCUT2D eigenvalue weighted by Gasteiger charge is -2.26. The van der Waals surface area contributed by atoms with E-state index < -0.39 is 48.9 Å². The Hall–Kier alpha value is -3.56. The number of ether oxygens (including phenoxy) is 1. The molecule has 35 heavy (non-hydrogen) atoms. The molecule has 0 bridgehead atoms. The van der Waals surface area contributed by atoms with Crippen LogP contribution in [0.4, 0.5) is 18.0 Å². The molecule has 0 aromatic heterocycles. The van der Waals surface area contributed by atoms with Crippen LogP contribution in [-0.2, 0) is 14.3 Å². The smallest absolute Gasteiger partial charge is 0.407 e. The highest BCUT2D eigenvalue weighted by Crippen LogP contribution is 2.44. The van der Waals surface area contributed by atoms with E-state index in [9.17, 15) is 32.7 Å². The number of alkyl carbamates (subject to hydrolysis) is 1. The minimum atomic E-state index is -4.39. The number of alkyl halides is 3. The predicted octanol–water partition coefficient (Wildman–Crippen LogP) is 4.42. The third kappa shape index (κ3) is 6.74. The number of hydrogen-bond acceptors (Lipinski definition) is 4. The summed E-state index contributed by atoms with van der Waals surface area (Å²) in [6, 6.07) is 14.0. The molecule has 0 aliphatic heterocycles. The Morgan fingerprint density at radius 3 is 2.11 bits per heavy atom. The lowest BCUT2D eigenvalue weighted by molar-refractivity contribution is -0.148. The largest absolute Gasteiger partial charge is 0.481 e. The first-order chi connectivity index (χ1) is 16.5. The fourth-order valence-corrected chi connectivity index (χ4v) is 4.44. The van der Waals surface area contributed by atoms with Crippen LogP contribution >= 0.6 is 0 Å². The zero-order valence-corrected chi connectivity index (χ0v) is 19.3. The summed E-state index contributed by atoms with van der Waals surface area (Å²) in [6.45, 7) is 1.05. The second kappa shape index (κ2) is 10.8. The van der Waals surface area contributed by atoms with Gasteiger partial charge in [-0.25, -0.2) is 4.79 Å². The van der Waals surface area contributed by atoms with Gasteiger partial charge in [-0.2, -0.15) is 13.2 Å². The number of fused-ring (bicyclic) bond motifs is 3. The van der Waals surface area contributed by atoms with E-state index in [0.29, 0.717) is 0 Å². The Labute approximate surface area is 200 Å². The Bertz CT molecular complexity index is 1040. The molecule has 188 valence electrons. The van der Waals surface area contributed by atoms with E-state index in [1.54, 1.807) is 0 Å². The van der Waals surface area contributed by atoms with Crippen LogP contribution in [0.15, 0.2) is 48.5 Å². The third-order valence-corrected chi connectivity index (χ3v) is 5.85. The average molecular weight is 492 g/mol. The number of carbonyl (C=O) groups excluding carboxylic acids is 2. The Balaban J connectivity index is 1.64. The van der Waals surface area contributed by atoms with E-state index in [1.807, 2.05) is 48.5 Å². The van der Waals surface area contributed by atoms with Gasteiger partial charge in [0, 0.05) is 25.9 Å². The number of likely N-dealkylation sites (N-methyl/N-ethyl adjacent to an activating group) is 1. The van der Waals surface area contributed by atoms with Gasteiger partial charge in [0.2, 0.25) is 5.91 Å². The summed E-state index contributed by atoms with van der Waals surface area (Å²) < 4.78 is 43.2. The van der Waals surface area contributed by atoms with E-state index in [-0.39, 0.29) is 19.1 Å². The van der Waals surface area contributed by atoms with Gasteiger partial charge in [0.25, 0.3) is 0 Å². The van der Waals surface area contributed by atoms with Crippen molar-refractivity contribution in [1.82, 2.24) is 10.2 Å². The molecule has 2 aromatic carbocycles. The van der Waals surface area contributed by atoms with Crippen molar-refractivity contribution in [2.24, 2.45) is 5.92 Å². The van der Waals surface area contributed by atoms with Gasteiger partial charge in [-0.1, -0.05) is 55.5 Å². The molecule has 0 spiro atoms. The van der Waals surface area contributed by atoms with Gasteiger partial charge >= 0.3 is 18.2 Å². The van der Waals surface area contributed by atoms with Crippen LogP contribution in [0.3, 0.4) is 0 Å². The minimum absolute atomic E-state index is 0.0354. The van der Waals surface area contributed by atoms with Crippen molar-refractivity contribution >= 4 is 18.0 Å². The molecule has 10 heteroatoms. The summed E-state index contributed by atoms with van der Waals surface area (Å²) in [5.74, 6) is -3.29. The minimum Gasteiger partial charge on any atom is -0.481 e. The number of halogens is 3. The molecule has 0 radical (unpaired) electrons. The van der Waals surface area contributed by atoms with E-state index in [0.717, 1.165) is 27.2 Å². The van der Waals surface area contributed by atoms with Crippen molar-refractivity contribution in [1.29, 1.82) is 0 Å². The molecule has 0 saturated heterocycles. The van der Waals surface area contributed by atoms with Crippen LogP contribution in [0.25, 0.3) is 11.1 Å². The van der Waals surface area contributed by atoms with E-state index in [1.165, 1.54) is 14.0 Å². The van der Waals surface area contributed by atoms with Crippen molar-refractivity contribution < 1.29 is 37.4 Å². The normalized spacial score (nSPS) is 14.4. The number of benzene rings is 2. The number of carboxylic acid groups (broad SMARTS) is 1. The highest BCUT2D eigenvalue weighted by molar-refractivity contribution is 5.89. The summed E-state index contributed by atoms with van der Waals surface area (Å²) in [5.41, 5.74) is 4.03. The fourth-order valence-electron chi connectivity index (χ4n) is 4.44. The molecule has 7 nitrogen and oxygen atoms in total. The first kappa shape index (κ1) is 26.1. The first-order valence-corrected chi connectivity index (χ1v) is 11.1. The van der Waals surface area contributed by atoms with Crippen LogP contribution in [0.5, 0.6) is 0 Å². The van der Waals surface area contributed by atoms with Crippen LogP contribution in [0.2, 0.25) is 0 Å². The Morgan fingerprint density at radius 1 is 1.06 bits per heavy atom. The second-order valence-electron chi connectivity index (χ2n) is 8.76. The monoisotopic (exact) mass is 492 g/mol. The van der Waals surface area contributed by atoms with Crippen LogP contribution in [0, 0.1) is 5.92 Å². The first-order valence-electron chi connectivity index (χ1n) is 11.1. The lowest BCUT2D eigenvalue weighted by Crippen LogP contribution is -2.49. The van der Waals surface area contributed by atoms with Crippen molar-refractivity contribution in [3.8, 4) is 11.1 Å². The van der Waals surface area contributed by atoms with Crippen molar-refractivity contribution in [2.75, 3.05) is 20.2 Å². The molecule has 1 aliphatic rings. The number of nitrogens with one attached hydrogen (secondary N) is 1. The third-order valence-electron chi connectivity index (χ3n) is 5.85. The number of amides is 2. The molecule has 2 unspecified atom stereocenters. The number of rotatable bonds is 9. The highest BCUT2D eigenvalue weighted by atomic mass is 19.4. The van der Waals surface area contributed by atoms with Crippen molar-refractivity contribution in [3.05, 3.63) is 59.7 Å². The molecule has 0 heterocycles. The summed E-state index contributed by atoms with van der Waals surface area (Å²) in [4.78, 5) is 37.5. The zero-order valence-electron chi connectivity index (χ0n) is 19.3. The lowest BCUT2D eigenvalue weighted by atomic mass is 9.98. The maximum atomic E-state index is 12.7. The van der Waals surface area contributed by atoms with Gasteiger partial charge in [0.15, 0.2) is 0 Å². The number of aliphatic carboxylic acids is 1. The van der Waals surface area contributed by atoms with E-state index in [2.05, 4.69) is 5.32 Å². The van der Waals surface area contributed by atoms with Gasteiger partial charge < -0.3 is 20.1 Å². The molecule has 2 N–H and O–H groups in total. The molecular weight excluding hydrogens is 465 g/mol. The summed E-state index contributed by atoms with van der Waals surface area (Å²) in [6.07, 6.45) is -7.19. The maximum absolute atomic E-state index is 12.7. The number of carbonyl (C=O) groups is 3. The zero-order chi connectivity index (χ0) is 25.8. The summed E-state index contributed by atoms with van der Waals surface area (Å²) in [5, 5.41) is 11.4. The van der Waals surface area contributed by atoms with Gasteiger partial charge in [0.1, 0.15) is 12.6 Å². The van der Waals surface area contributed by atoms with Gasteiger partial charge in [0.05, 0.1) is 6.42 Å². The number of carboxylic acids is 1. The van der Waals surface area contributed by atoms with Crippen molar-refractivity contribution in [3.63, 3.8) is 0 Å². The van der Waals surface area contributed by atoms with Crippen molar-refractivity contribution in [2.45, 2.75) is 37.9 Å². The maximum Gasteiger partial charge on any atom is 0.407 e. The van der Waals surface area contributed by atoms with E-state index in [4.69, 9.17) is 4.74 Å². The average Bonchev–Trinajstić information content (AvgIpc) is 3.09. The molecule has 2 atom stereocenters. The summed E-state index contributed by atoms with van der Waals surface area (Å²) >= 11 is 0. The number of hydrogen-bond donors (Lipinski definition) is 2. The Morgan fingerprint density at radius 2 is 1.60 bits per heavy atom. The van der Waals surface area contributed by atoms with Gasteiger partial charge in [-0.3, -0.25) is 9.59 Å². The topological polar surface area (TPSA) is 95.9 Å². The standard InChI is InChI=1S/C25H27F3N2O5/c1-15(12-25(26,27)28)13-30(2)23(33)21(11-22(31)32)29-24(34)35-14-20-18-9-5-3-7-16(18)17-8-4-6-10-19(17)20/h3-10,15,20-21H,11-14H2,1-2H3,(H,29,34)(H,31,32). The molecule has 3 rings (SSSR count). The SMILES string of the molecule is CC(CN(C)C(=O)C(CC(=O)O)NC(=O)OCC1c2ccccc2-c2ccccc21)CC(F)(F)F. The predicted molar refractivity (Wildman–Crippen MR) is 122 cm³/mol. The van der Waals surface area contributed by atoms with Crippen LogP contribution in [-0.4, -0.2) is 60.4 Å². The van der Waals surface area contributed by atoms with Gasteiger partial charge in [-0.15, -0.1) is 0 Å². The van der Waals surface area contributed by atoms with E-state index >= 15 is 0 Å². The Kier molecular flexibility index (Phi) is 8.03. The molecule has 2 amide bonds.